The lowest BCUT2D eigenvalue weighted by atomic mass is 10.1. The van der Waals surface area contributed by atoms with E-state index in [0.29, 0.717) is 36.2 Å². The Bertz CT molecular complexity index is 1220. The molecule has 30 heavy (non-hydrogen) atoms. The van der Waals surface area contributed by atoms with E-state index in [1.165, 1.54) is 12.1 Å². The molecule has 4 heterocycles. The number of hydroxylamine groups is 2. The van der Waals surface area contributed by atoms with E-state index in [4.69, 9.17) is 9.94 Å². The molecule has 0 bridgehead atoms. The van der Waals surface area contributed by atoms with Crippen molar-refractivity contribution in [1.82, 2.24) is 20.0 Å². The van der Waals surface area contributed by atoms with Crippen LogP contribution in [0.2, 0.25) is 0 Å². The number of rotatable bonds is 5. The Balaban J connectivity index is 1.48. The van der Waals surface area contributed by atoms with Crippen LogP contribution < -0.4 is 5.56 Å². The normalized spacial score (nSPS) is 14.7. The van der Waals surface area contributed by atoms with Crippen molar-refractivity contribution in [2.75, 3.05) is 13.2 Å². The SMILES string of the molecule is CCc1cc2ncc(CN3CC=C(c4ccc(C(=O)O)nc4F)CO3)cc2[nH]c1=O. The summed E-state index contributed by atoms with van der Waals surface area (Å²) >= 11 is 0. The van der Waals surface area contributed by atoms with Crippen molar-refractivity contribution < 1.29 is 19.1 Å². The number of aryl methyl sites for hydroxylation is 1. The van der Waals surface area contributed by atoms with E-state index in [1.54, 1.807) is 17.3 Å². The minimum absolute atomic E-state index is 0.115. The van der Waals surface area contributed by atoms with Gasteiger partial charge in [0, 0.05) is 23.9 Å². The first-order valence-corrected chi connectivity index (χ1v) is 9.42. The molecule has 0 aliphatic carbocycles. The molecule has 9 heteroatoms. The number of hydrogen-bond acceptors (Lipinski definition) is 6. The fourth-order valence-corrected chi connectivity index (χ4v) is 3.29. The molecule has 0 radical (unpaired) electrons. The van der Waals surface area contributed by atoms with Crippen LogP contribution in [-0.4, -0.2) is 44.2 Å². The number of H-pyrrole nitrogens is 1. The summed E-state index contributed by atoms with van der Waals surface area (Å²) in [6.07, 6.45) is 4.19. The number of aromatic amines is 1. The van der Waals surface area contributed by atoms with Gasteiger partial charge in [0.25, 0.3) is 5.56 Å². The molecule has 0 atom stereocenters. The molecule has 0 unspecified atom stereocenters. The van der Waals surface area contributed by atoms with Crippen molar-refractivity contribution in [2.45, 2.75) is 19.9 Å². The quantitative estimate of drug-likeness (QED) is 0.622. The van der Waals surface area contributed by atoms with Crippen LogP contribution in [0.5, 0.6) is 0 Å². The highest BCUT2D eigenvalue weighted by molar-refractivity contribution is 5.85. The van der Waals surface area contributed by atoms with Crippen LogP contribution in [0.4, 0.5) is 4.39 Å². The number of nitrogens with one attached hydrogen (secondary N) is 1. The van der Waals surface area contributed by atoms with E-state index in [0.717, 1.165) is 11.1 Å². The molecule has 0 saturated heterocycles. The van der Waals surface area contributed by atoms with Crippen LogP contribution in [0.3, 0.4) is 0 Å². The lowest BCUT2D eigenvalue weighted by Gasteiger charge is -2.26. The number of aromatic nitrogens is 3. The smallest absolute Gasteiger partial charge is 0.354 e. The maximum atomic E-state index is 14.2. The van der Waals surface area contributed by atoms with Gasteiger partial charge in [0.05, 0.1) is 24.2 Å². The summed E-state index contributed by atoms with van der Waals surface area (Å²) < 4.78 is 14.2. The lowest BCUT2D eigenvalue weighted by molar-refractivity contribution is -0.150. The van der Waals surface area contributed by atoms with E-state index < -0.39 is 11.9 Å². The molecule has 1 aliphatic rings. The first-order chi connectivity index (χ1) is 14.4. The van der Waals surface area contributed by atoms with Crippen molar-refractivity contribution in [3.05, 3.63) is 75.2 Å². The number of hydrogen-bond donors (Lipinski definition) is 2. The number of pyridine rings is 3. The zero-order valence-electron chi connectivity index (χ0n) is 16.2. The van der Waals surface area contributed by atoms with E-state index in [1.807, 2.05) is 19.1 Å². The van der Waals surface area contributed by atoms with Crippen molar-refractivity contribution in [1.29, 1.82) is 0 Å². The molecule has 0 saturated carbocycles. The average molecular weight is 410 g/mol. The predicted molar refractivity (Wildman–Crippen MR) is 107 cm³/mol. The first kappa shape index (κ1) is 19.9. The molecule has 2 N–H and O–H groups in total. The van der Waals surface area contributed by atoms with Crippen LogP contribution in [0.15, 0.2) is 41.3 Å². The highest BCUT2D eigenvalue weighted by Gasteiger charge is 2.19. The third-order valence-corrected chi connectivity index (χ3v) is 4.92. The molecule has 0 aromatic carbocycles. The fourth-order valence-electron chi connectivity index (χ4n) is 3.29. The van der Waals surface area contributed by atoms with Crippen molar-refractivity contribution >= 4 is 22.6 Å². The minimum atomic E-state index is -1.28. The summed E-state index contributed by atoms with van der Waals surface area (Å²) in [6.45, 7) is 2.88. The number of nitrogens with zero attached hydrogens (tertiary/aromatic N) is 3. The van der Waals surface area contributed by atoms with Crippen LogP contribution in [0.25, 0.3) is 16.6 Å². The van der Waals surface area contributed by atoms with E-state index in [-0.39, 0.29) is 23.4 Å². The Labute approximate surface area is 170 Å². The Kier molecular flexibility index (Phi) is 5.39. The van der Waals surface area contributed by atoms with Gasteiger partial charge in [-0.05, 0) is 41.8 Å². The second kappa shape index (κ2) is 8.13. The van der Waals surface area contributed by atoms with Crippen molar-refractivity contribution in [3.63, 3.8) is 0 Å². The molecular weight excluding hydrogens is 391 g/mol. The molecule has 4 rings (SSSR count). The standard InChI is InChI=1S/C21H19FN4O4/c1-2-13-8-17-18(25-20(13)27)7-12(9-23-17)10-26-6-5-14(11-30-26)15-3-4-16(21(28)29)24-19(15)22/h3-5,7-9H,2,6,10-11H2,1H3,(H,25,27)(H,28,29). The number of fused-ring (bicyclic) bond motifs is 1. The largest absolute Gasteiger partial charge is 0.477 e. The molecule has 3 aromatic heterocycles. The highest BCUT2D eigenvalue weighted by atomic mass is 19.1. The van der Waals surface area contributed by atoms with Gasteiger partial charge in [-0.1, -0.05) is 13.0 Å². The van der Waals surface area contributed by atoms with Crippen LogP contribution in [-0.2, 0) is 17.8 Å². The summed E-state index contributed by atoms with van der Waals surface area (Å²) in [4.78, 5) is 39.4. The van der Waals surface area contributed by atoms with Gasteiger partial charge in [0.2, 0.25) is 5.95 Å². The van der Waals surface area contributed by atoms with Crippen LogP contribution >= 0.6 is 0 Å². The van der Waals surface area contributed by atoms with Gasteiger partial charge in [0.1, 0.15) is 0 Å². The minimum Gasteiger partial charge on any atom is -0.477 e. The number of aromatic carboxylic acids is 1. The van der Waals surface area contributed by atoms with Gasteiger partial charge < -0.3 is 10.1 Å². The second-order valence-corrected chi connectivity index (χ2v) is 6.92. The number of carboxylic acids is 1. The van der Waals surface area contributed by atoms with Crippen LogP contribution in [0.1, 0.15) is 34.1 Å². The van der Waals surface area contributed by atoms with E-state index in [2.05, 4.69) is 15.0 Å². The number of halogens is 1. The van der Waals surface area contributed by atoms with Gasteiger partial charge >= 0.3 is 5.97 Å². The van der Waals surface area contributed by atoms with E-state index >= 15 is 0 Å². The molecule has 0 fully saturated rings. The molecule has 8 nitrogen and oxygen atoms in total. The lowest BCUT2D eigenvalue weighted by Crippen LogP contribution is -2.28. The summed E-state index contributed by atoms with van der Waals surface area (Å²) in [5.41, 5.74) is 3.30. The predicted octanol–water partition coefficient (Wildman–Crippen LogP) is 2.55. The first-order valence-electron chi connectivity index (χ1n) is 9.42. The number of carboxylic acid groups (broad SMARTS) is 1. The zero-order chi connectivity index (χ0) is 21.3. The summed E-state index contributed by atoms with van der Waals surface area (Å²) in [7, 11) is 0. The molecule has 0 spiro atoms. The second-order valence-electron chi connectivity index (χ2n) is 6.92. The highest BCUT2D eigenvalue weighted by Crippen LogP contribution is 2.23. The van der Waals surface area contributed by atoms with Gasteiger partial charge in [0.15, 0.2) is 5.69 Å². The van der Waals surface area contributed by atoms with E-state index in [9.17, 15) is 14.0 Å². The maximum Gasteiger partial charge on any atom is 0.354 e. The van der Waals surface area contributed by atoms with Crippen LogP contribution in [0, 0.1) is 5.95 Å². The Morgan fingerprint density at radius 3 is 2.87 bits per heavy atom. The van der Waals surface area contributed by atoms with Gasteiger partial charge in [-0.25, -0.2) is 9.78 Å². The van der Waals surface area contributed by atoms with Gasteiger partial charge in [-0.2, -0.15) is 9.45 Å². The fraction of sp³-hybridized carbons (Fsp3) is 0.238. The molecule has 1 aliphatic heterocycles. The summed E-state index contributed by atoms with van der Waals surface area (Å²) in [6, 6.07) is 6.31. The average Bonchev–Trinajstić information content (AvgIpc) is 2.74. The summed E-state index contributed by atoms with van der Waals surface area (Å²) in [5.74, 6) is -2.12. The Morgan fingerprint density at radius 1 is 1.37 bits per heavy atom. The third kappa shape index (κ3) is 3.98. The molecular formula is C21H19FN4O4. The van der Waals surface area contributed by atoms with Crippen molar-refractivity contribution in [3.8, 4) is 0 Å². The Hall–Kier alpha value is -3.43. The monoisotopic (exact) mass is 410 g/mol. The number of carbonyl (C=O) groups is 1. The molecule has 154 valence electrons. The summed E-state index contributed by atoms with van der Waals surface area (Å²) in [5, 5.41) is 10.6. The van der Waals surface area contributed by atoms with Gasteiger partial charge in [-0.15, -0.1) is 0 Å². The molecule has 3 aromatic rings. The van der Waals surface area contributed by atoms with Crippen molar-refractivity contribution in [2.24, 2.45) is 0 Å². The molecule has 0 amide bonds. The Morgan fingerprint density at radius 2 is 2.20 bits per heavy atom. The third-order valence-electron chi connectivity index (χ3n) is 4.92. The van der Waals surface area contributed by atoms with Gasteiger partial charge in [-0.3, -0.25) is 14.6 Å². The maximum absolute atomic E-state index is 14.2. The topological polar surface area (TPSA) is 108 Å². The zero-order valence-corrected chi connectivity index (χ0v) is 16.2.